The highest BCUT2D eigenvalue weighted by Crippen LogP contribution is 2.67. The maximum absolute atomic E-state index is 13.2. The second-order valence-electron chi connectivity index (χ2n) is 9.18. The Balaban J connectivity index is 1.45. The van der Waals surface area contributed by atoms with Crippen LogP contribution in [-0.4, -0.2) is 30.3 Å². The van der Waals surface area contributed by atoms with E-state index < -0.39 is 5.60 Å². The number of para-hydroxylation sites is 1. The summed E-state index contributed by atoms with van der Waals surface area (Å²) in [5, 5.41) is 14.3. The maximum atomic E-state index is 13.2. The van der Waals surface area contributed by atoms with Gasteiger partial charge in [0.05, 0.1) is 18.1 Å². The van der Waals surface area contributed by atoms with E-state index in [0.717, 1.165) is 49.8 Å². The van der Waals surface area contributed by atoms with Crippen molar-refractivity contribution in [2.24, 2.45) is 16.7 Å². The number of hydrogen-bond donors (Lipinski definition) is 2. The van der Waals surface area contributed by atoms with Crippen molar-refractivity contribution in [2.45, 2.75) is 63.9 Å². The van der Waals surface area contributed by atoms with Gasteiger partial charge in [0.15, 0.2) is 0 Å². The second kappa shape index (κ2) is 6.26. The van der Waals surface area contributed by atoms with Gasteiger partial charge in [0, 0.05) is 6.54 Å². The first kappa shape index (κ1) is 17.8. The first-order valence-corrected chi connectivity index (χ1v) is 10.0. The van der Waals surface area contributed by atoms with Crippen molar-refractivity contribution in [3.63, 3.8) is 0 Å². The quantitative estimate of drug-likeness (QED) is 0.820. The van der Waals surface area contributed by atoms with E-state index in [0.29, 0.717) is 18.9 Å². The largest absolute Gasteiger partial charge is 0.496 e. The van der Waals surface area contributed by atoms with Gasteiger partial charge in [0.1, 0.15) is 5.75 Å². The van der Waals surface area contributed by atoms with E-state index in [-0.39, 0.29) is 16.7 Å². The molecule has 0 saturated heterocycles. The molecule has 4 fully saturated rings. The summed E-state index contributed by atoms with van der Waals surface area (Å²) in [5.41, 5.74) is 0.318. The molecular weight excluding hydrogens is 326 g/mol. The second-order valence-corrected chi connectivity index (χ2v) is 9.18. The fraction of sp³-hybridized carbons (Fsp3) is 0.682. The lowest BCUT2D eigenvalue weighted by Crippen LogP contribution is -2.63. The lowest BCUT2D eigenvalue weighted by molar-refractivity contribution is -0.204. The SMILES string of the molecule is CCC12CC3CC(O)(C1)CC(C(=O)NCCc1ccccc1OC)(C3)C2. The summed E-state index contributed by atoms with van der Waals surface area (Å²) in [7, 11) is 1.68. The van der Waals surface area contributed by atoms with Crippen molar-refractivity contribution in [1.82, 2.24) is 5.32 Å². The minimum atomic E-state index is -0.616. The Labute approximate surface area is 156 Å². The van der Waals surface area contributed by atoms with Crippen molar-refractivity contribution >= 4 is 5.91 Å². The average Bonchev–Trinajstić information content (AvgIpc) is 2.60. The molecule has 142 valence electrons. The van der Waals surface area contributed by atoms with Gasteiger partial charge in [-0.3, -0.25) is 4.79 Å². The molecule has 4 aliphatic rings. The van der Waals surface area contributed by atoms with Crippen LogP contribution in [-0.2, 0) is 11.2 Å². The number of hydrogen-bond acceptors (Lipinski definition) is 3. The summed E-state index contributed by atoms with van der Waals surface area (Å²) in [5.74, 6) is 1.54. The van der Waals surface area contributed by atoms with Crippen LogP contribution in [0.1, 0.15) is 57.4 Å². The molecule has 4 aliphatic carbocycles. The number of methoxy groups -OCH3 is 1. The molecule has 4 bridgehead atoms. The summed E-state index contributed by atoms with van der Waals surface area (Å²) in [6, 6.07) is 7.96. The third-order valence-corrected chi connectivity index (χ3v) is 7.26. The summed E-state index contributed by atoms with van der Waals surface area (Å²) < 4.78 is 5.40. The van der Waals surface area contributed by atoms with E-state index in [1.165, 1.54) is 6.42 Å². The monoisotopic (exact) mass is 357 g/mol. The van der Waals surface area contributed by atoms with E-state index in [1.54, 1.807) is 7.11 Å². The fourth-order valence-corrected chi connectivity index (χ4v) is 6.64. The molecular formula is C22H31NO3. The van der Waals surface area contributed by atoms with E-state index in [2.05, 4.69) is 12.2 Å². The molecule has 5 rings (SSSR count). The average molecular weight is 357 g/mol. The Morgan fingerprint density at radius 1 is 1.23 bits per heavy atom. The Morgan fingerprint density at radius 3 is 2.77 bits per heavy atom. The van der Waals surface area contributed by atoms with Gasteiger partial charge < -0.3 is 15.2 Å². The van der Waals surface area contributed by atoms with Gasteiger partial charge in [-0.05, 0) is 67.9 Å². The van der Waals surface area contributed by atoms with Crippen LogP contribution in [0.2, 0.25) is 0 Å². The first-order chi connectivity index (χ1) is 12.4. The predicted molar refractivity (Wildman–Crippen MR) is 101 cm³/mol. The molecule has 0 aromatic heterocycles. The Kier molecular flexibility index (Phi) is 4.30. The van der Waals surface area contributed by atoms with E-state index in [1.807, 2.05) is 24.3 Å². The van der Waals surface area contributed by atoms with Gasteiger partial charge in [-0.1, -0.05) is 31.5 Å². The van der Waals surface area contributed by atoms with Crippen molar-refractivity contribution in [1.29, 1.82) is 0 Å². The molecule has 1 aromatic rings. The van der Waals surface area contributed by atoms with Gasteiger partial charge in [0.2, 0.25) is 5.91 Å². The molecule has 0 spiro atoms. The lowest BCUT2D eigenvalue weighted by atomic mass is 9.42. The number of carbonyl (C=O) groups excluding carboxylic acids is 1. The lowest BCUT2D eigenvalue weighted by Gasteiger charge is -2.64. The zero-order valence-corrected chi connectivity index (χ0v) is 16.0. The van der Waals surface area contributed by atoms with E-state index in [9.17, 15) is 9.90 Å². The molecule has 0 heterocycles. The van der Waals surface area contributed by atoms with Gasteiger partial charge in [-0.2, -0.15) is 0 Å². The van der Waals surface area contributed by atoms with Crippen LogP contribution in [0.15, 0.2) is 24.3 Å². The number of ether oxygens (including phenoxy) is 1. The molecule has 4 unspecified atom stereocenters. The summed E-state index contributed by atoms with van der Waals surface area (Å²) in [6.07, 6.45) is 7.38. The number of aliphatic hydroxyl groups is 1. The highest BCUT2D eigenvalue weighted by Gasteiger charge is 2.64. The third-order valence-electron chi connectivity index (χ3n) is 7.26. The number of benzene rings is 1. The minimum Gasteiger partial charge on any atom is -0.496 e. The highest BCUT2D eigenvalue weighted by molar-refractivity contribution is 5.83. The third kappa shape index (κ3) is 2.92. The van der Waals surface area contributed by atoms with Crippen LogP contribution in [0.5, 0.6) is 5.75 Å². The topological polar surface area (TPSA) is 58.6 Å². The van der Waals surface area contributed by atoms with Crippen molar-refractivity contribution in [2.75, 3.05) is 13.7 Å². The molecule has 4 saturated carbocycles. The van der Waals surface area contributed by atoms with Crippen LogP contribution in [0.3, 0.4) is 0 Å². The molecule has 0 radical (unpaired) electrons. The molecule has 1 amide bonds. The maximum Gasteiger partial charge on any atom is 0.226 e. The van der Waals surface area contributed by atoms with Crippen LogP contribution >= 0.6 is 0 Å². The zero-order chi connectivity index (χ0) is 18.4. The molecule has 2 N–H and O–H groups in total. The molecule has 4 nitrogen and oxygen atoms in total. The standard InChI is InChI=1S/C22H31NO3/c1-3-20-10-16-11-21(13-20,15-22(25,12-16)14-20)19(24)23-9-8-17-6-4-5-7-18(17)26-2/h4-7,16,25H,3,8-15H2,1-2H3,(H,23,24). The molecule has 1 aromatic carbocycles. The Bertz CT molecular complexity index is 704. The highest BCUT2D eigenvalue weighted by atomic mass is 16.5. The predicted octanol–water partition coefficient (Wildman–Crippen LogP) is 3.47. The molecule has 4 atom stereocenters. The first-order valence-electron chi connectivity index (χ1n) is 10.0. The van der Waals surface area contributed by atoms with E-state index >= 15 is 0 Å². The number of rotatable bonds is 6. The number of amides is 1. The van der Waals surface area contributed by atoms with Gasteiger partial charge in [0.25, 0.3) is 0 Å². The Hall–Kier alpha value is -1.55. The molecule has 0 aliphatic heterocycles. The summed E-state index contributed by atoms with van der Waals surface area (Å²) >= 11 is 0. The normalized spacial score (nSPS) is 37.6. The van der Waals surface area contributed by atoms with Gasteiger partial charge >= 0.3 is 0 Å². The summed E-state index contributed by atoms with van der Waals surface area (Å²) in [4.78, 5) is 13.2. The molecule has 26 heavy (non-hydrogen) atoms. The number of carbonyl (C=O) groups is 1. The van der Waals surface area contributed by atoms with Crippen LogP contribution in [0.25, 0.3) is 0 Å². The van der Waals surface area contributed by atoms with Crippen molar-refractivity contribution in [3.05, 3.63) is 29.8 Å². The van der Waals surface area contributed by atoms with Crippen molar-refractivity contribution in [3.8, 4) is 5.75 Å². The minimum absolute atomic E-state index is 0.160. The van der Waals surface area contributed by atoms with Crippen LogP contribution in [0, 0.1) is 16.7 Å². The zero-order valence-electron chi connectivity index (χ0n) is 16.0. The fourth-order valence-electron chi connectivity index (χ4n) is 6.64. The Morgan fingerprint density at radius 2 is 2.04 bits per heavy atom. The van der Waals surface area contributed by atoms with E-state index in [4.69, 9.17) is 4.74 Å². The van der Waals surface area contributed by atoms with Crippen LogP contribution < -0.4 is 10.1 Å². The van der Waals surface area contributed by atoms with Crippen LogP contribution in [0.4, 0.5) is 0 Å². The molecule has 4 heteroatoms. The van der Waals surface area contributed by atoms with Gasteiger partial charge in [-0.25, -0.2) is 0 Å². The smallest absolute Gasteiger partial charge is 0.226 e. The van der Waals surface area contributed by atoms with Gasteiger partial charge in [-0.15, -0.1) is 0 Å². The summed E-state index contributed by atoms with van der Waals surface area (Å²) in [6.45, 7) is 2.84. The number of nitrogens with one attached hydrogen (secondary N) is 1. The van der Waals surface area contributed by atoms with Crippen molar-refractivity contribution < 1.29 is 14.6 Å².